The smallest absolute Gasteiger partial charge is 0.0695 e. The van der Waals surface area contributed by atoms with E-state index >= 15 is 0 Å². The Hall–Kier alpha value is -0.380. The number of aryl methyl sites for hydroxylation is 1. The average molecular weight is 239 g/mol. The van der Waals surface area contributed by atoms with Gasteiger partial charge in [-0.2, -0.15) is 0 Å². The monoisotopic (exact) mass is 239 g/mol. The van der Waals surface area contributed by atoms with Gasteiger partial charge >= 0.3 is 0 Å². The number of aliphatic hydroxyl groups is 1. The van der Waals surface area contributed by atoms with Gasteiger partial charge in [-0.15, -0.1) is 11.3 Å². The van der Waals surface area contributed by atoms with E-state index < -0.39 is 0 Å². The molecule has 2 nitrogen and oxygen atoms in total. The van der Waals surface area contributed by atoms with Crippen molar-refractivity contribution in [2.75, 3.05) is 7.05 Å². The minimum absolute atomic E-state index is 0.125. The highest BCUT2D eigenvalue weighted by Crippen LogP contribution is 2.25. The van der Waals surface area contributed by atoms with Crippen molar-refractivity contribution in [3.63, 3.8) is 0 Å². The zero-order valence-electron chi connectivity index (χ0n) is 10.1. The van der Waals surface area contributed by atoms with Crippen molar-refractivity contribution in [3.05, 3.63) is 21.9 Å². The van der Waals surface area contributed by atoms with E-state index in [0.717, 1.165) is 19.4 Å². The molecule has 1 N–H and O–H groups in total. The molecule has 1 fully saturated rings. The maximum Gasteiger partial charge on any atom is 0.0695 e. The van der Waals surface area contributed by atoms with Crippen LogP contribution in [0.4, 0.5) is 0 Å². The van der Waals surface area contributed by atoms with Crippen LogP contribution < -0.4 is 0 Å². The van der Waals surface area contributed by atoms with Crippen LogP contribution in [-0.4, -0.2) is 29.2 Å². The fraction of sp³-hybridized carbons (Fsp3) is 0.692. The number of likely N-dealkylation sites (N-methyl/N-ethyl adjacent to an activating group) is 1. The molecule has 1 heterocycles. The number of hydrogen-bond donors (Lipinski definition) is 1. The van der Waals surface area contributed by atoms with Crippen LogP contribution in [0.25, 0.3) is 0 Å². The Bertz CT molecular complexity index is 336. The highest BCUT2D eigenvalue weighted by molar-refractivity contribution is 7.11. The van der Waals surface area contributed by atoms with Gasteiger partial charge in [0, 0.05) is 22.3 Å². The first-order valence-corrected chi connectivity index (χ1v) is 6.92. The Labute approximate surface area is 102 Å². The summed E-state index contributed by atoms with van der Waals surface area (Å²) in [6.07, 6.45) is 4.43. The van der Waals surface area contributed by atoms with E-state index in [0.29, 0.717) is 6.04 Å². The van der Waals surface area contributed by atoms with Crippen molar-refractivity contribution in [3.8, 4) is 0 Å². The van der Waals surface area contributed by atoms with Crippen LogP contribution in [-0.2, 0) is 6.54 Å². The first-order valence-electron chi connectivity index (χ1n) is 6.10. The maximum atomic E-state index is 9.98. The molecule has 0 bridgehead atoms. The highest BCUT2D eigenvalue weighted by atomic mass is 32.1. The average Bonchev–Trinajstić information content (AvgIpc) is 2.64. The van der Waals surface area contributed by atoms with Crippen molar-refractivity contribution in [2.45, 2.75) is 51.3 Å². The maximum absolute atomic E-state index is 9.98. The van der Waals surface area contributed by atoms with Crippen LogP contribution in [0.3, 0.4) is 0 Å². The lowest BCUT2D eigenvalue weighted by Crippen LogP contribution is -2.42. The summed E-state index contributed by atoms with van der Waals surface area (Å²) in [6, 6.07) is 4.73. The molecule has 1 saturated carbocycles. The van der Waals surface area contributed by atoms with E-state index in [4.69, 9.17) is 0 Å². The Morgan fingerprint density at radius 2 is 2.12 bits per heavy atom. The Balaban J connectivity index is 1.93. The summed E-state index contributed by atoms with van der Waals surface area (Å²) < 4.78 is 0. The normalized spacial score (nSPS) is 26.2. The van der Waals surface area contributed by atoms with E-state index in [2.05, 4.69) is 31.0 Å². The van der Waals surface area contributed by atoms with Gasteiger partial charge in [-0.05, 0) is 38.9 Å². The first-order chi connectivity index (χ1) is 7.66. The SMILES string of the molecule is Cc1ccc(CN(C)C2CCCCC2O)s1. The lowest BCUT2D eigenvalue weighted by Gasteiger charge is -2.34. The van der Waals surface area contributed by atoms with Gasteiger partial charge in [-0.3, -0.25) is 4.90 Å². The molecule has 0 amide bonds. The molecule has 1 aliphatic rings. The largest absolute Gasteiger partial charge is 0.391 e. The van der Waals surface area contributed by atoms with E-state index in [9.17, 15) is 5.11 Å². The van der Waals surface area contributed by atoms with Gasteiger partial charge in [0.15, 0.2) is 0 Å². The summed E-state index contributed by atoms with van der Waals surface area (Å²) in [7, 11) is 2.13. The van der Waals surface area contributed by atoms with Crippen LogP contribution in [0.5, 0.6) is 0 Å². The molecule has 1 aromatic rings. The summed E-state index contributed by atoms with van der Waals surface area (Å²) in [5.74, 6) is 0. The zero-order chi connectivity index (χ0) is 11.5. The molecule has 0 spiro atoms. The molecule has 0 saturated heterocycles. The third kappa shape index (κ3) is 2.84. The minimum atomic E-state index is -0.125. The van der Waals surface area contributed by atoms with E-state index in [-0.39, 0.29) is 6.10 Å². The summed E-state index contributed by atoms with van der Waals surface area (Å²) >= 11 is 1.86. The fourth-order valence-electron chi connectivity index (χ4n) is 2.54. The predicted molar refractivity (Wildman–Crippen MR) is 68.8 cm³/mol. The number of rotatable bonds is 3. The second-order valence-electron chi connectivity index (χ2n) is 4.85. The molecule has 0 radical (unpaired) electrons. The lowest BCUT2D eigenvalue weighted by atomic mass is 9.91. The summed E-state index contributed by atoms with van der Waals surface area (Å²) in [4.78, 5) is 5.08. The van der Waals surface area contributed by atoms with Gasteiger partial charge in [0.1, 0.15) is 0 Å². The van der Waals surface area contributed by atoms with Gasteiger partial charge in [0.25, 0.3) is 0 Å². The Morgan fingerprint density at radius 3 is 2.75 bits per heavy atom. The number of aliphatic hydroxyl groups excluding tert-OH is 1. The summed E-state index contributed by atoms with van der Waals surface area (Å²) in [5, 5.41) is 9.98. The van der Waals surface area contributed by atoms with Gasteiger partial charge in [0.2, 0.25) is 0 Å². The van der Waals surface area contributed by atoms with Gasteiger partial charge in [-0.25, -0.2) is 0 Å². The topological polar surface area (TPSA) is 23.5 Å². The van der Waals surface area contributed by atoms with Crippen LogP contribution in [0.2, 0.25) is 0 Å². The molecule has 2 rings (SSSR count). The lowest BCUT2D eigenvalue weighted by molar-refractivity contribution is 0.0292. The summed E-state index contributed by atoms with van der Waals surface area (Å²) in [5.41, 5.74) is 0. The zero-order valence-corrected chi connectivity index (χ0v) is 11.0. The quantitative estimate of drug-likeness (QED) is 0.876. The standard InChI is InChI=1S/C13H21NOS/c1-10-7-8-11(16-10)9-14(2)12-5-3-4-6-13(12)15/h7-8,12-13,15H,3-6,9H2,1-2H3. The van der Waals surface area contributed by atoms with Crippen molar-refractivity contribution in [1.29, 1.82) is 0 Å². The van der Waals surface area contributed by atoms with Gasteiger partial charge in [0.05, 0.1) is 6.10 Å². The second kappa shape index (κ2) is 5.30. The predicted octanol–water partition coefficient (Wildman–Crippen LogP) is 2.79. The fourth-order valence-corrected chi connectivity index (χ4v) is 3.49. The molecule has 2 unspecified atom stereocenters. The van der Waals surface area contributed by atoms with Crippen LogP contribution in [0.1, 0.15) is 35.4 Å². The molecule has 3 heteroatoms. The Morgan fingerprint density at radius 1 is 1.38 bits per heavy atom. The highest BCUT2D eigenvalue weighted by Gasteiger charge is 2.26. The van der Waals surface area contributed by atoms with Crippen LogP contribution in [0.15, 0.2) is 12.1 Å². The summed E-state index contributed by atoms with van der Waals surface area (Å²) in [6.45, 7) is 3.11. The third-order valence-corrected chi connectivity index (χ3v) is 4.45. The number of nitrogens with zero attached hydrogens (tertiary/aromatic N) is 1. The molecular formula is C13H21NOS. The van der Waals surface area contributed by atoms with Crippen molar-refractivity contribution >= 4 is 11.3 Å². The molecule has 1 aromatic heterocycles. The van der Waals surface area contributed by atoms with Crippen LogP contribution in [0, 0.1) is 6.92 Å². The molecule has 0 aromatic carbocycles. The van der Waals surface area contributed by atoms with E-state index in [1.54, 1.807) is 0 Å². The van der Waals surface area contributed by atoms with E-state index in [1.807, 2.05) is 11.3 Å². The molecule has 16 heavy (non-hydrogen) atoms. The van der Waals surface area contributed by atoms with Crippen molar-refractivity contribution in [1.82, 2.24) is 4.90 Å². The van der Waals surface area contributed by atoms with Crippen molar-refractivity contribution < 1.29 is 5.11 Å². The molecular weight excluding hydrogens is 218 g/mol. The van der Waals surface area contributed by atoms with Crippen LogP contribution >= 0.6 is 11.3 Å². The Kier molecular flexibility index (Phi) is 4.00. The minimum Gasteiger partial charge on any atom is -0.391 e. The third-order valence-electron chi connectivity index (χ3n) is 3.46. The molecule has 1 aliphatic carbocycles. The number of hydrogen-bond acceptors (Lipinski definition) is 3. The first kappa shape index (κ1) is 12.1. The second-order valence-corrected chi connectivity index (χ2v) is 6.22. The number of thiophene rings is 1. The molecule has 90 valence electrons. The molecule has 2 atom stereocenters. The van der Waals surface area contributed by atoms with Crippen molar-refractivity contribution in [2.24, 2.45) is 0 Å². The van der Waals surface area contributed by atoms with E-state index in [1.165, 1.54) is 22.6 Å². The van der Waals surface area contributed by atoms with Gasteiger partial charge in [-0.1, -0.05) is 12.8 Å². The molecule has 0 aliphatic heterocycles. The van der Waals surface area contributed by atoms with Gasteiger partial charge < -0.3 is 5.11 Å².